The van der Waals surface area contributed by atoms with Crippen molar-refractivity contribution in [3.05, 3.63) is 60.7 Å². The Kier molecular flexibility index (Phi) is 13.4. The van der Waals surface area contributed by atoms with Gasteiger partial charge in [-0.1, -0.05) is 78.7 Å². The van der Waals surface area contributed by atoms with Crippen molar-refractivity contribution in [2.45, 2.75) is 111 Å². The van der Waals surface area contributed by atoms with E-state index in [-0.39, 0.29) is 37.9 Å². The van der Waals surface area contributed by atoms with Crippen LogP contribution in [0.2, 0.25) is 0 Å². The van der Waals surface area contributed by atoms with E-state index in [1.54, 1.807) is 18.2 Å². The van der Waals surface area contributed by atoms with Gasteiger partial charge in [0.2, 0.25) is 0 Å². The van der Waals surface area contributed by atoms with Crippen LogP contribution < -0.4 is 9.47 Å². The number of carbonyl (C=O) groups is 3. The Morgan fingerprint density at radius 1 is 0.846 bits per heavy atom. The third kappa shape index (κ3) is 8.97. The Balaban J connectivity index is 1.21. The molecule has 3 fully saturated rings. The highest BCUT2D eigenvalue weighted by Crippen LogP contribution is 2.67. The largest absolute Gasteiger partial charge is 0.486 e. The highest BCUT2D eigenvalue weighted by Gasteiger charge is 2.59. The molecule has 0 aliphatic heterocycles. The normalized spacial score (nSPS) is 29.7. The quantitative estimate of drug-likeness (QED) is 0.0517. The Labute approximate surface area is 311 Å². The number of ether oxygens (including phenoxy) is 5. The van der Waals surface area contributed by atoms with Crippen molar-refractivity contribution in [1.29, 1.82) is 0 Å². The summed E-state index contributed by atoms with van der Waals surface area (Å²) in [4.78, 5) is 36.4. The second kappa shape index (κ2) is 17.5. The number of rotatable bonds is 17. The Morgan fingerprint density at radius 3 is 2.21 bits per heavy atom. The molecular weight excluding hydrogens is 656 g/mol. The fourth-order valence-corrected chi connectivity index (χ4v) is 10.5. The average Bonchev–Trinajstić information content (AvgIpc) is 3.49. The molecule has 0 N–H and O–H groups in total. The van der Waals surface area contributed by atoms with Gasteiger partial charge in [0, 0.05) is 18.6 Å². The standard InChI is InChI=1S/C44H62O8/c1-8-40(45)50-25-23-48-38-18-13-31(27-39(38)49-24-26-51-41(46)9-2)42(47)52-33-19-21-43(6)32(28-33)14-15-34-36-17-16-35(30(5)12-10-11-29(3)4)44(36,7)22-20-37(34)43/h8-9,13-14,18,27,29-30,33-37H,1-2,10-12,15-17,19-26,28H2,3-7H3/t30-,33+,34+,35-,36+,37+,43+,44-/m1/s1. The summed E-state index contributed by atoms with van der Waals surface area (Å²) in [6.07, 6.45) is 17.9. The van der Waals surface area contributed by atoms with Gasteiger partial charge in [-0.15, -0.1) is 0 Å². The molecule has 0 heterocycles. The maximum Gasteiger partial charge on any atom is 0.338 e. The first kappa shape index (κ1) is 39.7. The van der Waals surface area contributed by atoms with E-state index in [1.165, 1.54) is 50.5 Å². The fraction of sp³-hybridized carbons (Fsp3) is 0.659. The van der Waals surface area contributed by atoms with E-state index in [0.717, 1.165) is 67.4 Å². The number of benzene rings is 1. The van der Waals surface area contributed by atoms with E-state index in [4.69, 9.17) is 23.7 Å². The van der Waals surface area contributed by atoms with Crippen LogP contribution in [-0.2, 0) is 23.8 Å². The summed E-state index contributed by atoms with van der Waals surface area (Å²) in [7, 11) is 0. The summed E-state index contributed by atoms with van der Waals surface area (Å²) in [5.74, 6) is 3.86. The van der Waals surface area contributed by atoms with E-state index < -0.39 is 17.9 Å². The number of hydrogen-bond donors (Lipinski definition) is 0. The molecule has 4 aliphatic rings. The summed E-state index contributed by atoms with van der Waals surface area (Å²) < 4.78 is 27.8. The molecule has 0 aromatic heterocycles. The van der Waals surface area contributed by atoms with Gasteiger partial charge >= 0.3 is 17.9 Å². The lowest BCUT2D eigenvalue weighted by Gasteiger charge is -2.58. The third-order valence-electron chi connectivity index (χ3n) is 13.2. The predicted octanol–water partition coefficient (Wildman–Crippen LogP) is 9.47. The van der Waals surface area contributed by atoms with Gasteiger partial charge in [0.25, 0.3) is 0 Å². The van der Waals surface area contributed by atoms with Gasteiger partial charge < -0.3 is 23.7 Å². The number of allylic oxidation sites excluding steroid dienone is 1. The minimum atomic E-state index is -0.555. The zero-order chi connectivity index (χ0) is 37.5. The Hall–Kier alpha value is -3.55. The Morgan fingerprint density at radius 2 is 1.54 bits per heavy atom. The minimum absolute atomic E-state index is 0.00808. The van der Waals surface area contributed by atoms with Gasteiger partial charge in [-0.05, 0) is 109 Å². The molecule has 0 bridgehead atoms. The van der Waals surface area contributed by atoms with Crippen molar-refractivity contribution >= 4 is 17.9 Å². The highest BCUT2D eigenvalue weighted by molar-refractivity contribution is 5.90. The lowest BCUT2D eigenvalue weighted by Crippen LogP contribution is -2.51. The fourth-order valence-electron chi connectivity index (χ4n) is 10.5. The average molecular weight is 719 g/mol. The zero-order valence-corrected chi connectivity index (χ0v) is 32.3. The smallest absolute Gasteiger partial charge is 0.338 e. The molecule has 3 saturated carbocycles. The first-order valence-electron chi connectivity index (χ1n) is 19.8. The van der Waals surface area contributed by atoms with Gasteiger partial charge in [-0.25, -0.2) is 14.4 Å². The maximum atomic E-state index is 13.5. The zero-order valence-electron chi connectivity index (χ0n) is 32.3. The molecule has 0 unspecified atom stereocenters. The highest BCUT2D eigenvalue weighted by atomic mass is 16.6. The van der Waals surface area contributed by atoms with Crippen LogP contribution in [0.3, 0.4) is 0 Å². The van der Waals surface area contributed by atoms with E-state index in [0.29, 0.717) is 28.4 Å². The molecule has 1 aromatic carbocycles. The van der Waals surface area contributed by atoms with Crippen LogP contribution in [0.15, 0.2) is 55.2 Å². The number of hydrogen-bond acceptors (Lipinski definition) is 8. The van der Waals surface area contributed by atoms with Gasteiger partial charge in [0.05, 0.1) is 5.56 Å². The van der Waals surface area contributed by atoms with Crippen molar-refractivity contribution in [3.63, 3.8) is 0 Å². The predicted molar refractivity (Wildman–Crippen MR) is 202 cm³/mol. The van der Waals surface area contributed by atoms with E-state index in [2.05, 4.69) is 53.9 Å². The molecule has 0 saturated heterocycles. The molecule has 0 amide bonds. The van der Waals surface area contributed by atoms with Crippen molar-refractivity contribution in [2.24, 2.45) is 46.3 Å². The molecule has 5 rings (SSSR count). The number of carbonyl (C=O) groups excluding carboxylic acids is 3. The van der Waals surface area contributed by atoms with E-state index in [1.807, 2.05) is 0 Å². The number of esters is 3. The SMILES string of the molecule is C=CC(=O)OCCOc1ccc(C(=O)O[C@H]2CC[C@@]3(C)C(=CC[C@H]4[C@@H]5CC[C@H]([C@H](C)CCCC(C)C)[C@@]5(C)CC[C@@H]43)C2)cc1OCCOC(=O)C=C. The molecule has 8 nitrogen and oxygen atoms in total. The first-order valence-corrected chi connectivity index (χ1v) is 19.8. The van der Waals surface area contributed by atoms with Crippen molar-refractivity contribution < 1.29 is 38.1 Å². The van der Waals surface area contributed by atoms with Crippen LogP contribution in [0, 0.1) is 46.3 Å². The van der Waals surface area contributed by atoms with Crippen LogP contribution in [0.25, 0.3) is 0 Å². The second-order valence-corrected chi connectivity index (χ2v) is 16.7. The molecule has 52 heavy (non-hydrogen) atoms. The molecule has 286 valence electrons. The summed E-state index contributed by atoms with van der Waals surface area (Å²) in [6, 6.07) is 4.86. The molecule has 4 aliphatic carbocycles. The van der Waals surface area contributed by atoms with Gasteiger partial charge in [0.1, 0.15) is 32.5 Å². The minimum Gasteiger partial charge on any atom is -0.486 e. The summed E-state index contributed by atoms with van der Waals surface area (Å²) >= 11 is 0. The van der Waals surface area contributed by atoms with Crippen LogP contribution >= 0.6 is 0 Å². The van der Waals surface area contributed by atoms with Crippen LogP contribution in [-0.4, -0.2) is 50.4 Å². The monoisotopic (exact) mass is 718 g/mol. The second-order valence-electron chi connectivity index (χ2n) is 16.7. The molecule has 8 atom stereocenters. The molecule has 8 heteroatoms. The first-order chi connectivity index (χ1) is 24.9. The van der Waals surface area contributed by atoms with Gasteiger partial charge in [-0.2, -0.15) is 0 Å². The van der Waals surface area contributed by atoms with Crippen LogP contribution in [0.1, 0.15) is 116 Å². The molecule has 0 radical (unpaired) electrons. The van der Waals surface area contributed by atoms with E-state index >= 15 is 0 Å². The lowest BCUT2D eigenvalue weighted by molar-refractivity contribution is -0.139. The van der Waals surface area contributed by atoms with Crippen molar-refractivity contribution in [2.75, 3.05) is 26.4 Å². The van der Waals surface area contributed by atoms with Crippen LogP contribution in [0.4, 0.5) is 0 Å². The number of fused-ring (bicyclic) bond motifs is 5. The van der Waals surface area contributed by atoms with Crippen molar-refractivity contribution in [1.82, 2.24) is 0 Å². The maximum absolute atomic E-state index is 13.5. The van der Waals surface area contributed by atoms with Crippen LogP contribution in [0.5, 0.6) is 11.5 Å². The molecule has 1 aromatic rings. The van der Waals surface area contributed by atoms with Gasteiger partial charge in [0.15, 0.2) is 11.5 Å². The topological polar surface area (TPSA) is 97.4 Å². The van der Waals surface area contributed by atoms with Gasteiger partial charge in [-0.3, -0.25) is 0 Å². The lowest BCUT2D eigenvalue weighted by atomic mass is 9.47. The molecule has 0 spiro atoms. The molecular formula is C44H62O8. The summed E-state index contributed by atoms with van der Waals surface area (Å²) in [5, 5.41) is 0. The van der Waals surface area contributed by atoms with E-state index in [9.17, 15) is 14.4 Å². The van der Waals surface area contributed by atoms with Crippen molar-refractivity contribution in [3.8, 4) is 11.5 Å². The summed E-state index contributed by atoms with van der Waals surface area (Å²) in [6.45, 7) is 19.3. The third-order valence-corrected chi connectivity index (χ3v) is 13.2. The Bertz CT molecular complexity index is 1480. The summed E-state index contributed by atoms with van der Waals surface area (Å²) in [5.41, 5.74) is 2.46.